The zero-order valence-corrected chi connectivity index (χ0v) is 21.3. The van der Waals surface area contributed by atoms with Crippen LogP contribution in [0.25, 0.3) is 28.5 Å². The monoisotopic (exact) mass is 522 g/mol. The molecule has 0 aliphatic carbocycles. The molecule has 8 heteroatoms. The normalized spacial score (nSPS) is 12.1. The third kappa shape index (κ3) is 4.85. The Morgan fingerprint density at radius 1 is 0.886 bits per heavy atom. The van der Waals surface area contributed by atoms with Crippen molar-refractivity contribution in [3.8, 4) is 28.5 Å². The minimum Gasteiger partial charge on any atom is -0.419 e. The topological polar surface area (TPSA) is 56.7 Å². The maximum absolute atomic E-state index is 6.56. The van der Waals surface area contributed by atoms with Crippen molar-refractivity contribution in [1.29, 1.82) is 0 Å². The van der Waals surface area contributed by atoms with E-state index in [1.165, 1.54) is 5.56 Å². The van der Waals surface area contributed by atoms with Crippen molar-refractivity contribution in [2.24, 2.45) is 0 Å². The van der Waals surface area contributed by atoms with E-state index in [-0.39, 0.29) is 5.92 Å². The highest BCUT2D eigenvalue weighted by molar-refractivity contribution is 6.35. The second-order valence-electron chi connectivity index (χ2n) is 8.35. The minimum atomic E-state index is 0.237. The summed E-state index contributed by atoms with van der Waals surface area (Å²) in [5.41, 5.74) is 5.15. The van der Waals surface area contributed by atoms with Gasteiger partial charge < -0.3 is 4.42 Å². The average molecular weight is 524 g/mol. The number of rotatable bonds is 6. The molecule has 1 unspecified atom stereocenters. The number of hydrogen-bond donors (Lipinski definition) is 0. The molecule has 0 fully saturated rings. The second kappa shape index (κ2) is 9.86. The molecule has 0 saturated heterocycles. The molecule has 0 radical (unpaired) electrons. The Kier molecular flexibility index (Phi) is 6.65. The van der Waals surface area contributed by atoms with Gasteiger partial charge in [-0.05, 0) is 48.7 Å². The van der Waals surface area contributed by atoms with Crippen LogP contribution in [0.2, 0.25) is 15.1 Å². The highest BCUT2D eigenvalue weighted by Crippen LogP contribution is 2.36. The molecule has 2 aromatic heterocycles. The molecule has 0 amide bonds. The van der Waals surface area contributed by atoms with Gasteiger partial charge in [0.15, 0.2) is 5.69 Å². The van der Waals surface area contributed by atoms with Crippen molar-refractivity contribution < 1.29 is 4.42 Å². The summed E-state index contributed by atoms with van der Waals surface area (Å²) < 4.78 is 7.86. The molecule has 0 saturated carbocycles. The summed E-state index contributed by atoms with van der Waals surface area (Å²) in [6.45, 7) is 4.11. The van der Waals surface area contributed by atoms with Gasteiger partial charge >= 0.3 is 0 Å². The van der Waals surface area contributed by atoms with Gasteiger partial charge in [-0.2, -0.15) is 5.10 Å². The lowest BCUT2D eigenvalue weighted by Crippen LogP contribution is -2.00. The summed E-state index contributed by atoms with van der Waals surface area (Å²) >= 11 is 18.8. The molecule has 0 N–H and O–H groups in total. The number of hydrogen-bond acceptors (Lipinski definition) is 4. The third-order valence-electron chi connectivity index (χ3n) is 5.90. The van der Waals surface area contributed by atoms with E-state index in [4.69, 9.17) is 44.3 Å². The van der Waals surface area contributed by atoms with Crippen molar-refractivity contribution in [2.45, 2.75) is 26.2 Å². The standard InChI is InChI=1S/C27H21Cl3N4O/c1-16(18-6-4-3-5-7-18)14-24-31-32-27(35-24)25-17(2)26(19-8-10-20(28)11-9-19)34(33-25)23-13-12-21(29)15-22(23)30/h3-13,15-16H,14H2,1-2H3. The number of halogens is 3. The van der Waals surface area contributed by atoms with E-state index in [0.29, 0.717) is 44.7 Å². The van der Waals surface area contributed by atoms with Gasteiger partial charge in [0.2, 0.25) is 5.89 Å². The Bertz CT molecular complexity index is 1480. The Hall–Kier alpha value is -3.12. The lowest BCUT2D eigenvalue weighted by atomic mass is 9.98. The van der Waals surface area contributed by atoms with E-state index in [1.807, 2.05) is 55.5 Å². The molecule has 5 nitrogen and oxygen atoms in total. The average Bonchev–Trinajstić information content (AvgIpc) is 3.44. The van der Waals surface area contributed by atoms with Gasteiger partial charge in [0.05, 0.1) is 16.4 Å². The maximum Gasteiger partial charge on any atom is 0.268 e. The number of aromatic nitrogens is 4. The SMILES string of the molecule is Cc1c(-c2nnc(CC(C)c3ccccc3)o2)nn(-c2ccc(Cl)cc2Cl)c1-c1ccc(Cl)cc1. The Morgan fingerprint density at radius 3 is 2.31 bits per heavy atom. The molecule has 0 spiro atoms. The summed E-state index contributed by atoms with van der Waals surface area (Å²) in [4.78, 5) is 0. The Balaban J connectivity index is 1.57. The lowest BCUT2D eigenvalue weighted by Gasteiger charge is -2.11. The van der Waals surface area contributed by atoms with Gasteiger partial charge in [-0.1, -0.05) is 84.2 Å². The Morgan fingerprint density at radius 2 is 1.60 bits per heavy atom. The predicted octanol–water partition coefficient (Wildman–Crippen LogP) is 8.20. The van der Waals surface area contributed by atoms with Crippen LogP contribution >= 0.6 is 34.8 Å². The van der Waals surface area contributed by atoms with Crippen LogP contribution in [0.1, 0.15) is 29.9 Å². The van der Waals surface area contributed by atoms with E-state index < -0.39 is 0 Å². The molecule has 5 rings (SSSR count). The molecule has 1 atom stereocenters. The van der Waals surface area contributed by atoms with Crippen LogP contribution in [0.5, 0.6) is 0 Å². The highest BCUT2D eigenvalue weighted by Gasteiger charge is 2.24. The minimum absolute atomic E-state index is 0.237. The fraction of sp³-hybridized carbons (Fsp3) is 0.148. The summed E-state index contributed by atoms with van der Waals surface area (Å²) in [6, 6.07) is 23.1. The lowest BCUT2D eigenvalue weighted by molar-refractivity contribution is 0.486. The maximum atomic E-state index is 6.56. The summed E-state index contributed by atoms with van der Waals surface area (Å²) in [7, 11) is 0. The fourth-order valence-electron chi connectivity index (χ4n) is 4.07. The van der Waals surface area contributed by atoms with E-state index in [9.17, 15) is 0 Å². The first-order valence-electron chi connectivity index (χ1n) is 11.1. The largest absolute Gasteiger partial charge is 0.419 e. The van der Waals surface area contributed by atoms with E-state index >= 15 is 0 Å². The molecular formula is C27H21Cl3N4O. The van der Waals surface area contributed by atoms with E-state index in [2.05, 4.69) is 29.3 Å². The molecule has 0 bridgehead atoms. The van der Waals surface area contributed by atoms with Crippen LogP contribution in [0.3, 0.4) is 0 Å². The highest BCUT2D eigenvalue weighted by atomic mass is 35.5. The van der Waals surface area contributed by atoms with E-state index in [0.717, 1.165) is 16.8 Å². The van der Waals surface area contributed by atoms with Crippen molar-refractivity contribution >= 4 is 34.8 Å². The summed E-state index contributed by atoms with van der Waals surface area (Å²) in [6.07, 6.45) is 0.629. The Labute approximate surface area is 218 Å². The molecule has 0 aliphatic rings. The van der Waals surface area contributed by atoms with Gasteiger partial charge in [0, 0.05) is 27.6 Å². The number of nitrogens with zero attached hydrogens (tertiary/aromatic N) is 4. The first kappa shape index (κ1) is 23.6. The molecule has 176 valence electrons. The van der Waals surface area contributed by atoms with Crippen molar-refractivity contribution in [2.75, 3.05) is 0 Å². The first-order valence-corrected chi connectivity index (χ1v) is 12.2. The molecular weight excluding hydrogens is 503 g/mol. The zero-order chi connectivity index (χ0) is 24.5. The van der Waals surface area contributed by atoms with Crippen LogP contribution in [-0.4, -0.2) is 20.0 Å². The van der Waals surface area contributed by atoms with Gasteiger partial charge in [-0.15, -0.1) is 10.2 Å². The second-order valence-corrected chi connectivity index (χ2v) is 9.63. The van der Waals surface area contributed by atoms with Crippen molar-refractivity contribution in [3.63, 3.8) is 0 Å². The van der Waals surface area contributed by atoms with Gasteiger partial charge in [0.25, 0.3) is 5.89 Å². The van der Waals surface area contributed by atoms with Gasteiger partial charge in [-0.3, -0.25) is 0 Å². The molecule has 2 heterocycles. The van der Waals surface area contributed by atoms with Crippen LogP contribution < -0.4 is 0 Å². The third-order valence-corrected chi connectivity index (χ3v) is 6.69. The zero-order valence-electron chi connectivity index (χ0n) is 19.0. The van der Waals surface area contributed by atoms with Crippen molar-refractivity contribution in [1.82, 2.24) is 20.0 Å². The summed E-state index contributed by atoms with van der Waals surface area (Å²) in [5.74, 6) is 1.15. The molecule has 0 aliphatic heterocycles. The smallest absolute Gasteiger partial charge is 0.268 e. The van der Waals surface area contributed by atoms with Crippen LogP contribution in [0, 0.1) is 6.92 Å². The molecule has 3 aromatic carbocycles. The first-order chi connectivity index (χ1) is 16.9. The van der Waals surface area contributed by atoms with Crippen LogP contribution in [-0.2, 0) is 6.42 Å². The summed E-state index contributed by atoms with van der Waals surface area (Å²) in [5, 5.41) is 15.1. The van der Waals surface area contributed by atoms with Crippen molar-refractivity contribution in [3.05, 3.63) is 105 Å². The van der Waals surface area contributed by atoms with Crippen LogP contribution in [0.15, 0.2) is 77.2 Å². The van der Waals surface area contributed by atoms with Crippen LogP contribution in [0.4, 0.5) is 0 Å². The molecule has 5 aromatic rings. The fourth-order valence-corrected chi connectivity index (χ4v) is 4.68. The van der Waals surface area contributed by atoms with Gasteiger partial charge in [0.1, 0.15) is 0 Å². The predicted molar refractivity (Wildman–Crippen MR) is 141 cm³/mol. The number of benzene rings is 3. The molecule has 35 heavy (non-hydrogen) atoms. The van der Waals surface area contributed by atoms with E-state index in [1.54, 1.807) is 16.8 Å². The van der Waals surface area contributed by atoms with Gasteiger partial charge in [-0.25, -0.2) is 4.68 Å². The quantitative estimate of drug-likeness (QED) is 0.225.